The molecule has 0 aromatic heterocycles. The van der Waals surface area contributed by atoms with Crippen LogP contribution in [0.15, 0.2) is 18.2 Å². The fraction of sp³-hybridized carbons (Fsp3) is 0.364. The molecular weight excluding hydrogens is 199 g/mol. The lowest BCUT2D eigenvalue weighted by molar-refractivity contribution is 0.112. The van der Waals surface area contributed by atoms with Gasteiger partial charge in [0.25, 0.3) is 0 Å². The van der Waals surface area contributed by atoms with E-state index in [0.29, 0.717) is 30.1 Å². The van der Waals surface area contributed by atoms with Crippen molar-refractivity contribution in [3.63, 3.8) is 0 Å². The highest BCUT2D eigenvalue weighted by molar-refractivity contribution is 5.76. The van der Waals surface area contributed by atoms with Crippen LogP contribution in [0.2, 0.25) is 0 Å². The van der Waals surface area contributed by atoms with Gasteiger partial charge >= 0.3 is 0 Å². The zero-order valence-corrected chi connectivity index (χ0v) is 8.53. The van der Waals surface area contributed by atoms with Gasteiger partial charge in [0, 0.05) is 12.0 Å². The fourth-order valence-corrected chi connectivity index (χ4v) is 1.11. The fourth-order valence-electron chi connectivity index (χ4n) is 1.11. The van der Waals surface area contributed by atoms with Gasteiger partial charge in [-0.2, -0.15) is 0 Å². The van der Waals surface area contributed by atoms with Crippen molar-refractivity contribution < 1.29 is 18.7 Å². The molecule has 0 amide bonds. The van der Waals surface area contributed by atoms with Crippen LogP contribution in [-0.4, -0.2) is 26.7 Å². The molecule has 0 N–H and O–H groups in total. The number of halogens is 1. The van der Waals surface area contributed by atoms with Crippen molar-refractivity contribution in [3.05, 3.63) is 23.8 Å². The van der Waals surface area contributed by atoms with Gasteiger partial charge in [0.05, 0.1) is 20.4 Å². The van der Waals surface area contributed by atoms with Gasteiger partial charge in [-0.15, -0.1) is 0 Å². The second-order valence-corrected chi connectivity index (χ2v) is 2.92. The lowest BCUT2D eigenvalue weighted by Crippen LogP contribution is -2.00. The van der Waals surface area contributed by atoms with Crippen molar-refractivity contribution in [1.29, 1.82) is 0 Å². The molecule has 82 valence electrons. The maximum atomic E-state index is 11.8. The average molecular weight is 212 g/mol. The second kappa shape index (κ2) is 6.01. The third-order valence-electron chi connectivity index (χ3n) is 1.86. The van der Waals surface area contributed by atoms with E-state index in [1.54, 1.807) is 18.2 Å². The molecule has 0 heterocycles. The number of rotatable bonds is 6. The monoisotopic (exact) mass is 212 g/mol. The minimum Gasteiger partial charge on any atom is -0.493 e. The van der Waals surface area contributed by atoms with E-state index in [2.05, 4.69) is 0 Å². The van der Waals surface area contributed by atoms with Crippen LogP contribution in [0.5, 0.6) is 11.5 Å². The molecule has 0 aliphatic carbocycles. The van der Waals surface area contributed by atoms with E-state index in [0.717, 1.165) is 6.29 Å². The highest BCUT2D eigenvalue weighted by Gasteiger charge is 2.04. The Morgan fingerprint density at radius 3 is 2.80 bits per heavy atom. The van der Waals surface area contributed by atoms with Crippen molar-refractivity contribution in [2.45, 2.75) is 6.42 Å². The van der Waals surface area contributed by atoms with Gasteiger partial charge in [0.2, 0.25) is 0 Å². The van der Waals surface area contributed by atoms with Crippen molar-refractivity contribution in [3.8, 4) is 11.5 Å². The highest BCUT2D eigenvalue weighted by atomic mass is 19.1. The summed E-state index contributed by atoms with van der Waals surface area (Å²) >= 11 is 0. The summed E-state index contributed by atoms with van der Waals surface area (Å²) in [5.74, 6) is 1.01. The Morgan fingerprint density at radius 1 is 1.40 bits per heavy atom. The standard InChI is InChI=1S/C11H13FO3/c1-14-11-7-9(8-13)3-4-10(11)15-6-2-5-12/h3-4,7-8H,2,5-6H2,1H3. The zero-order chi connectivity index (χ0) is 11.1. The molecule has 0 spiro atoms. The topological polar surface area (TPSA) is 35.5 Å². The van der Waals surface area contributed by atoms with Crippen LogP contribution in [0, 0.1) is 0 Å². The number of benzene rings is 1. The molecule has 3 nitrogen and oxygen atoms in total. The van der Waals surface area contributed by atoms with Gasteiger partial charge in [0.1, 0.15) is 6.29 Å². The summed E-state index contributed by atoms with van der Waals surface area (Å²) in [7, 11) is 1.49. The summed E-state index contributed by atoms with van der Waals surface area (Å²) in [6.45, 7) is -0.109. The van der Waals surface area contributed by atoms with Crippen LogP contribution in [0.25, 0.3) is 0 Å². The molecule has 1 rings (SSSR count). The number of alkyl halides is 1. The highest BCUT2D eigenvalue weighted by Crippen LogP contribution is 2.27. The van der Waals surface area contributed by atoms with E-state index in [1.165, 1.54) is 7.11 Å². The molecule has 0 bridgehead atoms. The van der Waals surface area contributed by atoms with Gasteiger partial charge in [-0.1, -0.05) is 0 Å². The second-order valence-electron chi connectivity index (χ2n) is 2.92. The molecule has 0 saturated heterocycles. The molecule has 0 unspecified atom stereocenters. The van der Waals surface area contributed by atoms with E-state index in [1.807, 2.05) is 0 Å². The van der Waals surface area contributed by atoms with Crippen molar-refractivity contribution in [2.75, 3.05) is 20.4 Å². The van der Waals surface area contributed by atoms with Crippen LogP contribution >= 0.6 is 0 Å². The number of carbonyl (C=O) groups excluding carboxylic acids is 1. The van der Waals surface area contributed by atoms with E-state index in [4.69, 9.17) is 9.47 Å². The molecule has 0 aliphatic rings. The molecule has 0 saturated carbocycles. The lowest BCUT2D eigenvalue weighted by atomic mass is 10.2. The summed E-state index contributed by atoms with van der Waals surface area (Å²) in [4.78, 5) is 10.5. The Kier molecular flexibility index (Phi) is 4.60. The summed E-state index contributed by atoms with van der Waals surface area (Å²) < 4.78 is 22.2. The largest absolute Gasteiger partial charge is 0.493 e. The minimum absolute atomic E-state index is 0.299. The van der Waals surface area contributed by atoms with Crippen LogP contribution in [0.1, 0.15) is 16.8 Å². The molecule has 0 atom stereocenters. The third-order valence-corrected chi connectivity index (χ3v) is 1.86. The van der Waals surface area contributed by atoms with Gasteiger partial charge in [-0.25, -0.2) is 0 Å². The molecule has 0 fully saturated rings. The first-order valence-electron chi connectivity index (χ1n) is 4.63. The number of carbonyl (C=O) groups is 1. The van der Waals surface area contributed by atoms with Crippen LogP contribution in [0.3, 0.4) is 0 Å². The first kappa shape index (κ1) is 11.5. The SMILES string of the molecule is COc1cc(C=O)ccc1OCCCF. The summed E-state index contributed by atoms with van der Waals surface area (Å²) in [6.07, 6.45) is 1.08. The van der Waals surface area contributed by atoms with Crippen molar-refractivity contribution in [2.24, 2.45) is 0 Å². The first-order valence-corrected chi connectivity index (χ1v) is 4.63. The van der Waals surface area contributed by atoms with Gasteiger partial charge in [-0.05, 0) is 18.2 Å². The van der Waals surface area contributed by atoms with Crippen molar-refractivity contribution >= 4 is 6.29 Å². The maximum Gasteiger partial charge on any atom is 0.161 e. The quantitative estimate of drug-likeness (QED) is 0.536. The molecule has 1 aromatic carbocycles. The molecule has 15 heavy (non-hydrogen) atoms. The molecule has 0 aliphatic heterocycles. The number of hydrogen-bond donors (Lipinski definition) is 0. The zero-order valence-electron chi connectivity index (χ0n) is 8.53. The smallest absolute Gasteiger partial charge is 0.161 e. The van der Waals surface area contributed by atoms with Gasteiger partial charge in [-0.3, -0.25) is 9.18 Å². The van der Waals surface area contributed by atoms with Gasteiger partial charge < -0.3 is 9.47 Å². The maximum absolute atomic E-state index is 11.8. The minimum atomic E-state index is -0.408. The van der Waals surface area contributed by atoms with Crippen LogP contribution in [0.4, 0.5) is 4.39 Å². The first-order chi connectivity index (χ1) is 7.31. The Morgan fingerprint density at radius 2 is 2.20 bits per heavy atom. The van der Waals surface area contributed by atoms with E-state index >= 15 is 0 Å². The van der Waals surface area contributed by atoms with Crippen LogP contribution in [-0.2, 0) is 0 Å². The van der Waals surface area contributed by atoms with Gasteiger partial charge in [0.15, 0.2) is 11.5 Å². The molecule has 4 heteroatoms. The van der Waals surface area contributed by atoms with E-state index in [-0.39, 0.29) is 0 Å². The molecular formula is C11H13FO3. The van der Waals surface area contributed by atoms with Crippen molar-refractivity contribution in [1.82, 2.24) is 0 Å². The summed E-state index contributed by atoms with van der Waals surface area (Å²) in [5.41, 5.74) is 0.518. The predicted molar refractivity (Wildman–Crippen MR) is 54.5 cm³/mol. The predicted octanol–water partition coefficient (Wildman–Crippen LogP) is 2.25. The Bertz CT molecular complexity index is 326. The lowest BCUT2D eigenvalue weighted by Gasteiger charge is -2.09. The number of hydrogen-bond acceptors (Lipinski definition) is 3. The normalized spacial score (nSPS) is 9.73. The Balaban J connectivity index is 2.73. The average Bonchev–Trinajstić information content (AvgIpc) is 2.29. The summed E-state index contributed by atoms with van der Waals surface area (Å²) in [6, 6.07) is 4.85. The van der Waals surface area contributed by atoms with E-state index < -0.39 is 6.67 Å². The molecule has 1 aromatic rings. The number of ether oxygens (including phenoxy) is 2. The summed E-state index contributed by atoms with van der Waals surface area (Å²) in [5, 5.41) is 0. The number of aldehydes is 1. The van der Waals surface area contributed by atoms with E-state index in [9.17, 15) is 9.18 Å². The molecule has 0 radical (unpaired) electrons. The van der Waals surface area contributed by atoms with Crippen LogP contribution < -0.4 is 9.47 Å². The third kappa shape index (κ3) is 3.23. The number of methoxy groups -OCH3 is 1. The Labute approximate surface area is 87.8 Å². The Hall–Kier alpha value is -1.58.